The molecule has 2 aliphatic heterocycles. The van der Waals surface area contributed by atoms with Crippen LogP contribution in [0.25, 0.3) is 16.8 Å². The van der Waals surface area contributed by atoms with Crippen molar-refractivity contribution in [2.45, 2.75) is 25.9 Å². The fraction of sp³-hybridized carbons (Fsp3) is 0.152. The third-order valence-corrected chi connectivity index (χ3v) is 7.83. The number of nitrogens with zero attached hydrogens (tertiary/aromatic N) is 2. The number of anilines is 1. The van der Waals surface area contributed by atoms with Gasteiger partial charge in [-0.3, -0.25) is 9.59 Å². The Balaban J connectivity index is 1.33. The molecule has 2 aromatic heterocycles. The maximum absolute atomic E-state index is 14.3. The van der Waals surface area contributed by atoms with Crippen LogP contribution in [0.5, 0.6) is 17.2 Å². The van der Waals surface area contributed by atoms with Gasteiger partial charge >= 0.3 is 0 Å². The molecule has 0 bridgehead atoms. The highest BCUT2D eigenvalue weighted by Crippen LogP contribution is 2.41. The van der Waals surface area contributed by atoms with Crippen LogP contribution in [0.2, 0.25) is 0 Å². The van der Waals surface area contributed by atoms with Crippen molar-refractivity contribution in [3.63, 3.8) is 0 Å². The monoisotopic (exact) mass is 545 g/mol. The molecule has 4 heterocycles. The van der Waals surface area contributed by atoms with Crippen LogP contribution in [0.1, 0.15) is 38.8 Å². The van der Waals surface area contributed by atoms with E-state index in [1.807, 2.05) is 51.9 Å². The Hall–Kier alpha value is -5.24. The summed E-state index contributed by atoms with van der Waals surface area (Å²) in [6.07, 6.45) is 2.65. The minimum Gasteiger partial charge on any atom is -0.508 e. The highest BCUT2D eigenvalue weighted by molar-refractivity contribution is 6.11. The molecule has 2 amide bonds. The van der Waals surface area contributed by atoms with Crippen molar-refractivity contribution in [2.75, 3.05) is 12.1 Å². The minimum absolute atomic E-state index is 0.00591. The predicted octanol–water partition coefficient (Wildman–Crippen LogP) is 5.88. The first kappa shape index (κ1) is 24.8. The van der Waals surface area contributed by atoms with Gasteiger partial charge in [0.25, 0.3) is 11.8 Å². The second kappa shape index (κ2) is 9.75. The van der Waals surface area contributed by atoms with Gasteiger partial charge in [-0.15, -0.1) is 0 Å². The second-order valence-corrected chi connectivity index (χ2v) is 10.4. The number of fused-ring (bicyclic) bond motifs is 3. The van der Waals surface area contributed by atoms with Crippen LogP contribution in [-0.4, -0.2) is 39.1 Å². The van der Waals surface area contributed by atoms with Crippen molar-refractivity contribution in [1.29, 1.82) is 0 Å². The molecule has 204 valence electrons. The molecule has 8 heteroatoms. The van der Waals surface area contributed by atoms with Crippen LogP contribution < -0.4 is 14.8 Å². The van der Waals surface area contributed by atoms with Gasteiger partial charge in [-0.2, -0.15) is 0 Å². The van der Waals surface area contributed by atoms with E-state index in [2.05, 4.69) is 24.4 Å². The third-order valence-electron chi connectivity index (χ3n) is 7.83. The summed E-state index contributed by atoms with van der Waals surface area (Å²) in [6, 6.07) is 25.6. The summed E-state index contributed by atoms with van der Waals surface area (Å²) >= 11 is 0. The van der Waals surface area contributed by atoms with E-state index in [0.717, 1.165) is 12.0 Å². The Morgan fingerprint density at radius 1 is 0.878 bits per heavy atom. The van der Waals surface area contributed by atoms with Gasteiger partial charge < -0.3 is 29.2 Å². The van der Waals surface area contributed by atoms with Gasteiger partial charge in [-0.05, 0) is 79.1 Å². The predicted molar refractivity (Wildman–Crippen MR) is 154 cm³/mol. The van der Waals surface area contributed by atoms with Gasteiger partial charge in [-0.1, -0.05) is 30.3 Å². The molecule has 2 N–H and O–H groups in total. The Morgan fingerprint density at radius 3 is 2.41 bits per heavy atom. The van der Waals surface area contributed by atoms with Crippen molar-refractivity contribution in [3.8, 4) is 28.5 Å². The smallest absolute Gasteiger partial charge is 0.257 e. The number of benzene rings is 3. The number of carbonyl (C=O) groups excluding carboxylic acids is 2. The number of aromatic hydroxyl groups is 1. The van der Waals surface area contributed by atoms with Crippen molar-refractivity contribution in [3.05, 3.63) is 113 Å². The van der Waals surface area contributed by atoms with Crippen LogP contribution in [0.4, 0.5) is 5.69 Å². The van der Waals surface area contributed by atoms with E-state index in [0.29, 0.717) is 51.6 Å². The van der Waals surface area contributed by atoms with Crippen LogP contribution in [0, 0.1) is 0 Å². The lowest BCUT2D eigenvalue weighted by molar-refractivity contribution is 0.0658. The van der Waals surface area contributed by atoms with E-state index in [9.17, 15) is 14.7 Å². The van der Waals surface area contributed by atoms with Crippen molar-refractivity contribution in [2.24, 2.45) is 0 Å². The van der Waals surface area contributed by atoms with Crippen LogP contribution >= 0.6 is 0 Å². The molecular formula is C33H27N3O5. The summed E-state index contributed by atoms with van der Waals surface area (Å²) < 4.78 is 13.3. The van der Waals surface area contributed by atoms with Gasteiger partial charge in [0.05, 0.1) is 22.3 Å². The van der Waals surface area contributed by atoms with Crippen LogP contribution in [0.3, 0.4) is 0 Å². The maximum atomic E-state index is 14.3. The Bertz CT molecular complexity index is 1830. The molecule has 3 aromatic carbocycles. The molecular weight excluding hydrogens is 518 g/mol. The molecule has 0 unspecified atom stereocenters. The van der Waals surface area contributed by atoms with Crippen LogP contribution in [0.15, 0.2) is 91.1 Å². The number of hydrogen-bond donors (Lipinski definition) is 2. The fourth-order valence-electron chi connectivity index (χ4n) is 5.72. The fourth-order valence-corrected chi connectivity index (χ4v) is 5.72. The molecule has 41 heavy (non-hydrogen) atoms. The summed E-state index contributed by atoms with van der Waals surface area (Å²) in [7, 11) is 0. The average molecular weight is 546 g/mol. The summed E-state index contributed by atoms with van der Waals surface area (Å²) in [5, 5.41) is 12.5. The van der Waals surface area contributed by atoms with E-state index in [-0.39, 0.29) is 30.4 Å². The maximum Gasteiger partial charge on any atom is 0.257 e. The number of carbonyl (C=O) groups is 2. The summed E-state index contributed by atoms with van der Waals surface area (Å²) in [5.41, 5.74) is 5.91. The molecule has 7 rings (SSSR count). The zero-order valence-corrected chi connectivity index (χ0v) is 22.3. The standard InChI is InChI=1S/C33H27N3O5/c1-20-14-21-6-2-3-7-22(21)18-36(20)33(39)26-17-31-30(40-19-41-31)16-25(26)29-15-27(28-8-4-5-13-35(28)29)32(38)34-23-9-11-24(37)12-10-23/h2-13,15-17,20,37H,14,18-19H2,1H3,(H,34,38)/t20-/m1/s1. The number of phenols is 1. The molecule has 0 spiro atoms. The van der Waals surface area contributed by atoms with E-state index in [4.69, 9.17) is 9.47 Å². The van der Waals surface area contributed by atoms with E-state index in [1.54, 1.807) is 24.3 Å². The topological polar surface area (TPSA) is 92.5 Å². The highest BCUT2D eigenvalue weighted by Gasteiger charge is 2.32. The van der Waals surface area contributed by atoms with Gasteiger partial charge in [0.1, 0.15) is 5.75 Å². The first-order valence-corrected chi connectivity index (χ1v) is 13.5. The molecule has 0 aliphatic carbocycles. The summed E-state index contributed by atoms with van der Waals surface area (Å²) in [6.45, 7) is 2.66. The quantitative estimate of drug-likeness (QED) is 0.275. The normalized spacial score (nSPS) is 15.5. The van der Waals surface area contributed by atoms with Crippen molar-refractivity contribution in [1.82, 2.24) is 9.30 Å². The highest BCUT2D eigenvalue weighted by atomic mass is 16.7. The lowest BCUT2D eigenvalue weighted by atomic mass is 9.93. The van der Waals surface area contributed by atoms with Crippen LogP contribution in [-0.2, 0) is 13.0 Å². The van der Waals surface area contributed by atoms with Gasteiger partial charge in [-0.25, -0.2) is 0 Å². The molecule has 5 aromatic rings. The van der Waals surface area contributed by atoms with Crippen molar-refractivity contribution >= 4 is 23.0 Å². The lowest BCUT2D eigenvalue weighted by Gasteiger charge is -2.35. The minimum atomic E-state index is -0.305. The molecule has 8 nitrogen and oxygen atoms in total. The first-order chi connectivity index (χ1) is 20.0. The van der Waals surface area contributed by atoms with Crippen molar-refractivity contribution < 1.29 is 24.2 Å². The number of rotatable bonds is 4. The lowest BCUT2D eigenvalue weighted by Crippen LogP contribution is -2.42. The Morgan fingerprint density at radius 2 is 1.61 bits per heavy atom. The SMILES string of the molecule is C[C@@H]1Cc2ccccc2CN1C(=O)c1cc2c(cc1-c1cc(C(=O)Nc3ccc(O)cc3)c3ccccn13)OCO2. The van der Waals surface area contributed by atoms with Gasteiger partial charge in [0.15, 0.2) is 11.5 Å². The first-order valence-electron chi connectivity index (χ1n) is 13.5. The number of amides is 2. The zero-order chi connectivity index (χ0) is 28.1. The number of pyridine rings is 1. The molecule has 0 saturated heterocycles. The van der Waals surface area contributed by atoms with E-state index < -0.39 is 0 Å². The average Bonchev–Trinajstić information content (AvgIpc) is 3.61. The molecule has 1 atom stereocenters. The molecule has 0 saturated carbocycles. The molecule has 2 aliphatic rings. The third kappa shape index (κ3) is 4.34. The van der Waals surface area contributed by atoms with E-state index >= 15 is 0 Å². The number of phenolic OH excluding ortho intramolecular Hbond substituents is 1. The van der Waals surface area contributed by atoms with Gasteiger partial charge in [0.2, 0.25) is 6.79 Å². The van der Waals surface area contributed by atoms with Gasteiger partial charge in [0, 0.05) is 30.0 Å². The number of hydrogen-bond acceptors (Lipinski definition) is 5. The second-order valence-electron chi connectivity index (χ2n) is 10.4. The Kier molecular flexibility index (Phi) is 5.89. The number of nitrogens with one attached hydrogen (secondary N) is 1. The molecule has 0 fully saturated rings. The number of ether oxygens (including phenoxy) is 2. The van der Waals surface area contributed by atoms with E-state index in [1.165, 1.54) is 17.7 Å². The largest absolute Gasteiger partial charge is 0.508 e. The summed E-state index contributed by atoms with van der Waals surface area (Å²) in [4.78, 5) is 29.6. The Labute approximate surface area is 236 Å². The zero-order valence-electron chi connectivity index (χ0n) is 22.3. The summed E-state index contributed by atoms with van der Waals surface area (Å²) in [5.74, 6) is 0.774. The number of aromatic nitrogens is 1. The molecule has 0 radical (unpaired) electrons.